The molecule has 250 valence electrons. The molecule has 4 heterocycles. The SMILES string of the molecule is C=C1CCC(C)N1C.C=CC.C=CCC1CCN(C)C1.CC(C)(C)OC=O.CC(C)N1CC(O)N(C2CCOCC2)C1=O. The van der Waals surface area contributed by atoms with Gasteiger partial charge in [-0.05, 0) is 107 Å². The summed E-state index contributed by atoms with van der Waals surface area (Å²) in [5.74, 6) is 0.896. The quantitative estimate of drug-likeness (QED) is 0.307. The van der Waals surface area contributed by atoms with Gasteiger partial charge in [0.25, 0.3) is 6.47 Å². The van der Waals surface area contributed by atoms with Gasteiger partial charge in [0.1, 0.15) is 11.8 Å². The zero-order chi connectivity index (χ0) is 33.2. The first kappa shape index (κ1) is 40.6. The van der Waals surface area contributed by atoms with Crippen molar-refractivity contribution in [3.05, 3.63) is 37.6 Å². The van der Waals surface area contributed by atoms with Gasteiger partial charge >= 0.3 is 6.03 Å². The fourth-order valence-corrected chi connectivity index (χ4v) is 5.07. The molecule has 4 rings (SSSR count). The van der Waals surface area contributed by atoms with Crippen LogP contribution in [0.3, 0.4) is 0 Å². The summed E-state index contributed by atoms with van der Waals surface area (Å²) in [5.41, 5.74) is 0.972. The fourth-order valence-electron chi connectivity index (χ4n) is 5.07. The molecule has 9 nitrogen and oxygen atoms in total. The molecule has 43 heavy (non-hydrogen) atoms. The Labute approximate surface area is 263 Å². The van der Waals surface area contributed by atoms with Crippen LogP contribution in [0.2, 0.25) is 0 Å². The minimum Gasteiger partial charge on any atom is -0.462 e. The monoisotopic (exact) mass is 608 g/mol. The fraction of sp³-hybridized carbons (Fsp3) is 0.765. The second-order valence-electron chi connectivity index (χ2n) is 13.0. The zero-order valence-corrected chi connectivity index (χ0v) is 28.9. The highest BCUT2D eigenvalue weighted by Gasteiger charge is 2.41. The third-order valence-electron chi connectivity index (χ3n) is 7.76. The Bertz CT molecular complexity index is 822. The van der Waals surface area contributed by atoms with E-state index in [0.717, 1.165) is 24.8 Å². The Morgan fingerprint density at radius 1 is 1.09 bits per heavy atom. The summed E-state index contributed by atoms with van der Waals surface area (Å²) in [4.78, 5) is 29.7. The van der Waals surface area contributed by atoms with Crippen molar-refractivity contribution in [2.75, 3.05) is 46.9 Å². The van der Waals surface area contributed by atoms with Crippen LogP contribution in [0.4, 0.5) is 4.79 Å². The lowest BCUT2D eigenvalue weighted by molar-refractivity contribution is -0.138. The van der Waals surface area contributed by atoms with Crippen molar-refractivity contribution in [3.8, 4) is 0 Å². The summed E-state index contributed by atoms with van der Waals surface area (Å²) in [6.45, 7) is 29.3. The highest BCUT2D eigenvalue weighted by atomic mass is 16.5. The van der Waals surface area contributed by atoms with Gasteiger partial charge in [0.2, 0.25) is 0 Å². The second-order valence-corrected chi connectivity index (χ2v) is 13.0. The molecule has 1 N–H and O–H groups in total. The summed E-state index contributed by atoms with van der Waals surface area (Å²) in [6, 6.07) is 0.976. The molecule has 0 aliphatic carbocycles. The molecule has 0 radical (unpaired) electrons. The Morgan fingerprint density at radius 3 is 1.98 bits per heavy atom. The molecule has 0 spiro atoms. The van der Waals surface area contributed by atoms with Crippen molar-refractivity contribution >= 4 is 12.5 Å². The molecule has 4 aliphatic heterocycles. The van der Waals surface area contributed by atoms with Gasteiger partial charge in [0.05, 0.1) is 6.54 Å². The molecule has 0 aromatic carbocycles. The first-order chi connectivity index (χ1) is 20.1. The summed E-state index contributed by atoms with van der Waals surface area (Å²) in [5, 5.41) is 9.95. The summed E-state index contributed by atoms with van der Waals surface area (Å²) in [7, 11) is 4.29. The smallest absolute Gasteiger partial charge is 0.322 e. The molecular formula is C34H64N4O5. The Morgan fingerprint density at radius 2 is 1.67 bits per heavy atom. The van der Waals surface area contributed by atoms with Gasteiger partial charge in [0, 0.05) is 50.6 Å². The van der Waals surface area contributed by atoms with Crippen LogP contribution < -0.4 is 0 Å². The van der Waals surface area contributed by atoms with Crippen molar-refractivity contribution in [1.29, 1.82) is 0 Å². The van der Waals surface area contributed by atoms with Crippen molar-refractivity contribution in [2.45, 2.75) is 117 Å². The van der Waals surface area contributed by atoms with Gasteiger partial charge in [-0.25, -0.2) is 4.79 Å². The van der Waals surface area contributed by atoms with Gasteiger partial charge in [-0.1, -0.05) is 18.7 Å². The Balaban J connectivity index is 0.000000563. The van der Waals surface area contributed by atoms with Gasteiger partial charge < -0.3 is 29.3 Å². The van der Waals surface area contributed by atoms with E-state index in [2.05, 4.69) is 55.3 Å². The van der Waals surface area contributed by atoms with Crippen molar-refractivity contribution < 1.29 is 24.2 Å². The number of likely N-dealkylation sites (tertiary alicyclic amines) is 2. The van der Waals surface area contributed by atoms with Gasteiger partial charge in [-0.15, -0.1) is 13.2 Å². The van der Waals surface area contributed by atoms with E-state index in [1.165, 1.54) is 44.5 Å². The highest BCUT2D eigenvalue weighted by Crippen LogP contribution is 2.25. The maximum atomic E-state index is 12.1. The predicted molar refractivity (Wildman–Crippen MR) is 178 cm³/mol. The van der Waals surface area contributed by atoms with Crippen LogP contribution in [-0.4, -0.2) is 114 Å². The van der Waals surface area contributed by atoms with Crippen LogP contribution in [0.1, 0.15) is 87.0 Å². The first-order valence-corrected chi connectivity index (χ1v) is 15.9. The number of nitrogens with zero attached hydrogens (tertiary/aromatic N) is 4. The molecule has 0 saturated carbocycles. The number of ether oxygens (including phenoxy) is 2. The molecule has 0 aromatic rings. The van der Waals surface area contributed by atoms with Gasteiger partial charge in [0.15, 0.2) is 0 Å². The van der Waals surface area contributed by atoms with E-state index < -0.39 is 6.23 Å². The second kappa shape index (κ2) is 21.4. The molecule has 2 amide bonds. The van der Waals surface area contributed by atoms with Crippen LogP contribution >= 0.6 is 0 Å². The number of carbonyl (C=O) groups is 2. The number of aliphatic hydroxyl groups excluding tert-OH is 1. The third kappa shape index (κ3) is 16.3. The number of amides is 2. The van der Waals surface area contributed by atoms with Crippen LogP contribution in [-0.2, 0) is 14.3 Å². The topological polar surface area (TPSA) is 85.8 Å². The third-order valence-corrected chi connectivity index (χ3v) is 7.76. The van der Waals surface area contributed by atoms with E-state index in [1.807, 2.05) is 47.6 Å². The minimum atomic E-state index is -0.655. The zero-order valence-electron chi connectivity index (χ0n) is 28.9. The van der Waals surface area contributed by atoms with Gasteiger partial charge in [-0.2, -0.15) is 0 Å². The van der Waals surface area contributed by atoms with Gasteiger partial charge in [-0.3, -0.25) is 9.69 Å². The Kier molecular flexibility index (Phi) is 20.2. The molecule has 9 heteroatoms. The number of aliphatic hydroxyl groups is 1. The van der Waals surface area contributed by atoms with E-state index in [1.54, 1.807) is 15.9 Å². The van der Waals surface area contributed by atoms with Crippen molar-refractivity contribution in [3.63, 3.8) is 0 Å². The highest BCUT2D eigenvalue weighted by molar-refractivity contribution is 5.77. The standard InChI is InChI=1S/C11H20N2O3.C8H15N.C7H13N.C5H10O2.C3H6/c1-8(2)12-7-10(14)13(11(12)15)9-3-5-16-6-4-9;1-3-4-8-5-6-9(2)7-8;1-6-4-5-7(2)8(6)3;1-5(2,3)7-4-6;1-3-2/h8-10,14H,3-7H2,1-2H3;3,8H,1,4-7H2,2H3;7H,1,4-5H2,2-3H3;4H,1-3H3;3H,1H2,2H3. The average molecular weight is 609 g/mol. The molecule has 3 atom stereocenters. The molecule has 4 saturated heterocycles. The van der Waals surface area contributed by atoms with E-state index >= 15 is 0 Å². The lowest BCUT2D eigenvalue weighted by Gasteiger charge is -2.32. The number of hydrogen-bond donors (Lipinski definition) is 1. The van der Waals surface area contributed by atoms with E-state index in [9.17, 15) is 14.7 Å². The van der Waals surface area contributed by atoms with E-state index in [-0.39, 0.29) is 23.7 Å². The summed E-state index contributed by atoms with van der Waals surface area (Å²) in [6.07, 6.45) is 9.82. The molecule has 0 bridgehead atoms. The number of carbonyl (C=O) groups excluding carboxylic acids is 2. The molecule has 4 fully saturated rings. The average Bonchev–Trinajstić information content (AvgIpc) is 3.58. The van der Waals surface area contributed by atoms with E-state index in [0.29, 0.717) is 26.2 Å². The minimum absolute atomic E-state index is 0.0330. The Hall–Kier alpha value is -2.36. The predicted octanol–water partition coefficient (Wildman–Crippen LogP) is 5.91. The van der Waals surface area contributed by atoms with E-state index in [4.69, 9.17) is 4.74 Å². The number of β-amino-alcohol motifs (C(OH)–C–C–N with tert-alkyl or cyclic N) is 1. The number of hydrogen-bond acceptors (Lipinski definition) is 7. The molecule has 4 aliphatic rings. The van der Waals surface area contributed by atoms with Crippen molar-refractivity contribution in [2.24, 2.45) is 5.92 Å². The van der Waals surface area contributed by atoms with Crippen molar-refractivity contribution in [1.82, 2.24) is 19.6 Å². The number of urea groups is 1. The van der Waals surface area contributed by atoms with Crippen LogP contribution in [0.25, 0.3) is 0 Å². The lowest BCUT2D eigenvalue weighted by Crippen LogP contribution is -2.46. The molecule has 3 unspecified atom stereocenters. The lowest BCUT2D eigenvalue weighted by atomic mass is 10.1. The maximum Gasteiger partial charge on any atom is 0.322 e. The number of allylic oxidation sites excluding steroid dienone is 3. The maximum absolute atomic E-state index is 12.1. The summed E-state index contributed by atoms with van der Waals surface area (Å²) >= 11 is 0. The van der Waals surface area contributed by atoms with Crippen LogP contribution in [0.5, 0.6) is 0 Å². The van der Waals surface area contributed by atoms with Crippen LogP contribution in [0.15, 0.2) is 37.6 Å². The summed E-state index contributed by atoms with van der Waals surface area (Å²) < 4.78 is 9.82. The molecular weight excluding hydrogens is 544 g/mol. The normalized spacial score (nSPS) is 24.1. The largest absolute Gasteiger partial charge is 0.462 e. The molecule has 0 aromatic heterocycles. The van der Waals surface area contributed by atoms with Crippen LogP contribution in [0, 0.1) is 5.92 Å². The number of rotatable bonds is 5. The first-order valence-electron chi connectivity index (χ1n) is 15.9.